The highest BCUT2D eigenvalue weighted by Crippen LogP contribution is 2.18. The summed E-state index contributed by atoms with van der Waals surface area (Å²) in [5.41, 5.74) is 7.05. The van der Waals surface area contributed by atoms with Gasteiger partial charge in [0.15, 0.2) is 0 Å². The maximum Gasteiger partial charge on any atom is 0.128 e. The minimum absolute atomic E-state index is 0.0867. The Hall–Kier alpha value is -1.94. The molecule has 0 heterocycles. The predicted octanol–water partition coefficient (Wildman–Crippen LogP) is 3.35. The van der Waals surface area contributed by atoms with Crippen LogP contribution in [0, 0.1) is 18.6 Å². The lowest BCUT2D eigenvalue weighted by atomic mass is 10.1. The fourth-order valence-corrected chi connectivity index (χ4v) is 1.71. The fourth-order valence-electron chi connectivity index (χ4n) is 1.71. The molecule has 0 aromatic heterocycles. The minimum Gasteiger partial charge on any atom is -0.492 e. The monoisotopic (exact) mass is 263 g/mol. The quantitative estimate of drug-likeness (QED) is 0.918. The second-order valence-corrected chi connectivity index (χ2v) is 4.40. The topological polar surface area (TPSA) is 35.2 Å². The van der Waals surface area contributed by atoms with Crippen LogP contribution in [0.3, 0.4) is 0 Å². The summed E-state index contributed by atoms with van der Waals surface area (Å²) in [7, 11) is 0. The molecule has 4 heteroatoms. The molecule has 2 aromatic rings. The molecule has 0 bridgehead atoms. The first-order valence-electron chi connectivity index (χ1n) is 5.96. The first-order valence-corrected chi connectivity index (χ1v) is 5.96. The van der Waals surface area contributed by atoms with E-state index in [1.54, 1.807) is 0 Å². The van der Waals surface area contributed by atoms with Crippen LogP contribution in [0.2, 0.25) is 0 Å². The molecule has 0 fully saturated rings. The lowest BCUT2D eigenvalue weighted by molar-refractivity contribution is 0.287. The molecule has 0 spiro atoms. The second kappa shape index (κ2) is 5.80. The van der Waals surface area contributed by atoms with E-state index in [0.29, 0.717) is 5.75 Å². The van der Waals surface area contributed by atoms with Crippen LogP contribution in [0.1, 0.15) is 17.2 Å². The van der Waals surface area contributed by atoms with Crippen LogP contribution in [-0.4, -0.2) is 6.61 Å². The Bertz CT molecular complexity index is 555. The average molecular weight is 263 g/mol. The largest absolute Gasteiger partial charge is 0.492 e. The van der Waals surface area contributed by atoms with Gasteiger partial charge >= 0.3 is 0 Å². The molecule has 2 N–H and O–H groups in total. The lowest BCUT2D eigenvalue weighted by Gasteiger charge is -2.14. The van der Waals surface area contributed by atoms with Gasteiger partial charge in [-0.15, -0.1) is 0 Å². The molecule has 0 aliphatic heterocycles. The van der Waals surface area contributed by atoms with Gasteiger partial charge in [-0.1, -0.05) is 17.7 Å². The SMILES string of the molecule is Cc1ccc(OCC(N)c2cc(F)ccc2F)cc1. The van der Waals surface area contributed by atoms with Crippen molar-refractivity contribution < 1.29 is 13.5 Å². The molecule has 0 aliphatic rings. The molecular formula is C15H15F2NO. The third-order valence-corrected chi connectivity index (χ3v) is 2.81. The van der Waals surface area contributed by atoms with E-state index in [1.165, 1.54) is 0 Å². The third kappa shape index (κ3) is 3.51. The molecule has 0 radical (unpaired) electrons. The van der Waals surface area contributed by atoms with E-state index in [9.17, 15) is 8.78 Å². The minimum atomic E-state index is -0.711. The van der Waals surface area contributed by atoms with Crippen LogP contribution in [0.15, 0.2) is 42.5 Å². The molecule has 1 atom stereocenters. The standard InChI is InChI=1S/C15H15F2NO/c1-10-2-5-12(6-3-10)19-9-15(18)13-8-11(16)4-7-14(13)17/h2-8,15H,9,18H2,1H3. The molecule has 19 heavy (non-hydrogen) atoms. The van der Waals surface area contributed by atoms with Crippen molar-refractivity contribution >= 4 is 0 Å². The maximum absolute atomic E-state index is 13.5. The van der Waals surface area contributed by atoms with Gasteiger partial charge in [0.25, 0.3) is 0 Å². The zero-order valence-electron chi connectivity index (χ0n) is 10.6. The van der Waals surface area contributed by atoms with Crippen LogP contribution in [-0.2, 0) is 0 Å². The lowest BCUT2D eigenvalue weighted by Crippen LogP contribution is -2.20. The maximum atomic E-state index is 13.5. The van der Waals surface area contributed by atoms with E-state index >= 15 is 0 Å². The molecule has 0 saturated carbocycles. The Morgan fingerprint density at radius 2 is 1.79 bits per heavy atom. The van der Waals surface area contributed by atoms with Crippen molar-refractivity contribution in [1.82, 2.24) is 0 Å². The summed E-state index contributed by atoms with van der Waals surface area (Å²) in [6, 6.07) is 9.94. The summed E-state index contributed by atoms with van der Waals surface area (Å²) < 4.78 is 32.0. The Balaban J connectivity index is 2.03. The van der Waals surface area contributed by atoms with Crippen molar-refractivity contribution in [1.29, 1.82) is 0 Å². The van der Waals surface area contributed by atoms with Crippen molar-refractivity contribution in [2.75, 3.05) is 6.61 Å². The van der Waals surface area contributed by atoms with Crippen molar-refractivity contribution in [2.45, 2.75) is 13.0 Å². The van der Waals surface area contributed by atoms with E-state index in [4.69, 9.17) is 10.5 Å². The molecule has 0 amide bonds. The zero-order chi connectivity index (χ0) is 13.8. The van der Waals surface area contributed by atoms with Gasteiger partial charge in [0.05, 0.1) is 6.04 Å². The number of hydrogen-bond acceptors (Lipinski definition) is 2. The van der Waals surface area contributed by atoms with Crippen LogP contribution in [0.5, 0.6) is 5.75 Å². The van der Waals surface area contributed by atoms with Gasteiger partial charge < -0.3 is 10.5 Å². The van der Waals surface area contributed by atoms with Crippen molar-refractivity contribution in [3.05, 3.63) is 65.2 Å². The smallest absolute Gasteiger partial charge is 0.128 e. The first-order chi connectivity index (χ1) is 9.06. The molecule has 100 valence electrons. The number of benzene rings is 2. The summed E-state index contributed by atoms with van der Waals surface area (Å²) >= 11 is 0. The molecule has 1 unspecified atom stereocenters. The highest BCUT2D eigenvalue weighted by molar-refractivity contribution is 5.27. The first kappa shape index (κ1) is 13.5. The molecule has 2 rings (SSSR count). The Labute approximate surface area is 110 Å². The van der Waals surface area contributed by atoms with Gasteiger partial charge in [-0.3, -0.25) is 0 Å². The van der Waals surface area contributed by atoms with E-state index in [2.05, 4.69) is 0 Å². The number of halogens is 2. The van der Waals surface area contributed by atoms with Gasteiger partial charge in [-0.25, -0.2) is 8.78 Å². The van der Waals surface area contributed by atoms with E-state index in [0.717, 1.165) is 23.8 Å². The van der Waals surface area contributed by atoms with Crippen molar-refractivity contribution in [3.63, 3.8) is 0 Å². The number of rotatable bonds is 4. The van der Waals surface area contributed by atoms with Gasteiger partial charge in [0, 0.05) is 5.56 Å². The third-order valence-electron chi connectivity index (χ3n) is 2.81. The summed E-state index contributed by atoms with van der Waals surface area (Å²) in [5.74, 6) is -0.388. The summed E-state index contributed by atoms with van der Waals surface area (Å²) in [5, 5.41) is 0. The Kier molecular flexibility index (Phi) is 4.12. The highest BCUT2D eigenvalue weighted by atomic mass is 19.1. The molecule has 2 nitrogen and oxygen atoms in total. The second-order valence-electron chi connectivity index (χ2n) is 4.40. The number of hydrogen-bond donors (Lipinski definition) is 1. The van der Waals surface area contributed by atoms with Crippen LogP contribution < -0.4 is 10.5 Å². The average Bonchev–Trinajstić information content (AvgIpc) is 2.40. The zero-order valence-corrected chi connectivity index (χ0v) is 10.6. The Morgan fingerprint density at radius 3 is 2.47 bits per heavy atom. The number of nitrogens with two attached hydrogens (primary N) is 1. The van der Waals surface area contributed by atoms with Gasteiger partial charge in [-0.05, 0) is 37.3 Å². The van der Waals surface area contributed by atoms with Gasteiger partial charge in [0.2, 0.25) is 0 Å². The Morgan fingerprint density at radius 1 is 1.11 bits per heavy atom. The van der Waals surface area contributed by atoms with Crippen LogP contribution >= 0.6 is 0 Å². The number of aryl methyl sites for hydroxylation is 1. The summed E-state index contributed by atoms with van der Waals surface area (Å²) in [4.78, 5) is 0. The van der Waals surface area contributed by atoms with Crippen LogP contribution in [0.4, 0.5) is 8.78 Å². The normalized spacial score (nSPS) is 12.2. The predicted molar refractivity (Wildman–Crippen MR) is 70.0 cm³/mol. The van der Waals surface area contributed by atoms with Crippen LogP contribution in [0.25, 0.3) is 0 Å². The summed E-state index contributed by atoms with van der Waals surface area (Å²) in [6.45, 7) is 2.06. The molecule has 2 aromatic carbocycles. The summed E-state index contributed by atoms with van der Waals surface area (Å²) in [6.07, 6.45) is 0. The van der Waals surface area contributed by atoms with Gasteiger partial charge in [-0.2, -0.15) is 0 Å². The van der Waals surface area contributed by atoms with E-state index in [-0.39, 0.29) is 12.2 Å². The van der Waals surface area contributed by atoms with Crippen molar-refractivity contribution in [3.8, 4) is 5.75 Å². The molecule has 0 saturated heterocycles. The molecule has 0 aliphatic carbocycles. The van der Waals surface area contributed by atoms with E-state index < -0.39 is 17.7 Å². The van der Waals surface area contributed by atoms with Gasteiger partial charge in [0.1, 0.15) is 24.0 Å². The fraction of sp³-hybridized carbons (Fsp3) is 0.200. The van der Waals surface area contributed by atoms with E-state index in [1.807, 2.05) is 31.2 Å². The van der Waals surface area contributed by atoms with Crippen molar-refractivity contribution in [2.24, 2.45) is 5.73 Å². The molecular weight excluding hydrogens is 248 g/mol. The number of ether oxygens (including phenoxy) is 1. The highest BCUT2D eigenvalue weighted by Gasteiger charge is 2.13.